The second kappa shape index (κ2) is 4.71. The molecule has 1 unspecified atom stereocenters. The van der Waals surface area contributed by atoms with Gasteiger partial charge in [-0.1, -0.05) is 0 Å². The Balaban J connectivity index is 2.14. The van der Waals surface area contributed by atoms with Crippen molar-refractivity contribution in [3.63, 3.8) is 0 Å². The van der Waals surface area contributed by atoms with Crippen molar-refractivity contribution in [1.29, 1.82) is 0 Å². The summed E-state index contributed by atoms with van der Waals surface area (Å²) in [5, 5.41) is 9.01. The third-order valence-electron chi connectivity index (χ3n) is 3.00. The van der Waals surface area contributed by atoms with Crippen LogP contribution in [0.5, 0.6) is 0 Å². The van der Waals surface area contributed by atoms with E-state index in [1.807, 2.05) is 0 Å². The number of nitrogen functional groups attached to an aromatic ring is 1. The molecule has 2 rings (SSSR count). The van der Waals surface area contributed by atoms with Crippen LogP contribution in [0.15, 0.2) is 18.2 Å². The Morgan fingerprint density at radius 3 is 2.88 bits per heavy atom. The fourth-order valence-corrected chi connectivity index (χ4v) is 2.08. The maximum absolute atomic E-state index is 13.1. The van der Waals surface area contributed by atoms with Gasteiger partial charge >= 0.3 is 0 Å². The minimum atomic E-state index is -0.508. The molecule has 1 aromatic rings. The second-order valence-electron chi connectivity index (χ2n) is 4.36. The molecule has 1 heterocycles. The number of carbonyl (C=O) groups is 1. The summed E-state index contributed by atoms with van der Waals surface area (Å²) in [5.74, 6) is -0.608. The molecule has 0 bridgehead atoms. The van der Waals surface area contributed by atoms with E-state index in [0.29, 0.717) is 13.1 Å². The molecule has 0 spiro atoms. The number of nitrogens with zero attached hydrogens (tertiary/aromatic N) is 1. The minimum absolute atomic E-state index is 0.0784. The quantitative estimate of drug-likeness (QED) is 0.751. The summed E-state index contributed by atoms with van der Waals surface area (Å²) in [4.78, 5) is 13.7. The maximum Gasteiger partial charge on any atom is 0.254 e. The Morgan fingerprint density at radius 1 is 1.53 bits per heavy atom. The highest BCUT2D eigenvalue weighted by Crippen LogP contribution is 2.19. The Hall–Kier alpha value is -1.62. The van der Waals surface area contributed by atoms with Crippen molar-refractivity contribution in [3.05, 3.63) is 29.6 Å². The van der Waals surface area contributed by atoms with Crippen LogP contribution in [0.25, 0.3) is 0 Å². The fraction of sp³-hybridized carbons (Fsp3) is 0.417. The summed E-state index contributed by atoms with van der Waals surface area (Å²) in [7, 11) is 0. The SMILES string of the molecule is Nc1cc(F)cc(C(=O)N2CCC(CO)C2)c1. The molecular formula is C12H15FN2O2. The summed E-state index contributed by atoms with van der Waals surface area (Å²) < 4.78 is 13.1. The van der Waals surface area contributed by atoms with Gasteiger partial charge in [-0.05, 0) is 24.6 Å². The van der Waals surface area contributed by atoms with Crippen LogP contribution >= 0.6 is 0 Å². The third-order valence-corrected chi connectivity index (χ3v) is 3.00. The van der Waals surface area contributed by atoms with E-state index in [9.17, 15) is 9.18 Å². The average Bonchev–Trinajstić information content (AvgIpc) is 2.75. The lowest BCUT2D eigenvalue weighted by molar-refractivity contribution is 0.0781. The number of hydrogen-bond acceptors (Lipinski definition) is 3. The van der Waals surface area contributed by atoms with Gasteiger partial charge in [-0.2, -0.15) is 0 Å². The molecule has 0 aliphatic carbocycles. The van der Waals surface area contributed by atoms with E-state index >= 15 is 0 Å². The van der Waals surface area contributed by atoms with Crippen molar-refractivity contribution in [3.8, 4) is 0 Å². The number of anilines is 1. The predicted molar refractivity (Wildman–Crippen MR) is 61.9 cm³/mol. The van der Waals surface area contributed by atoms with Gasteiger partial charge in [0, 0.05) is 36.9 Å². The molecular weight excluding hydrogens is 223 g/mol. The van der Waals surface area contributed by atoms with E-state index in [1.54, 1.807) is 4.90 Å². The first-order valence-corrected chi connectivity index (χ1v) is 5.56. The number of hydrogen-bond donors (Lipinski definition) is 2. The first-order valence-electron chi connectivity index (χ1n) is 5.56. The molecule has 1 aliphatic rings. The van der Waals surface area contributed by atoms with Gasteiger partial charge in [0.15, 0.2) is 0 Å². The first kappa shape index (κ1) is 11.9. The van der Waals surface area contributed by atoms with E-state index in [-0.39, 0.29) is 29.7 Å². The van der Waals surface area contributed by atoms with Gasteiger partial charge in [-0.25, -0.2) is 4.39 Å². The molecule has 0 radical (unpaired) electrons. The molecule has 92 valence electrons. The van der Waals surface area contributed by atoms with Gasteiger partial charge in [-0.3, -0.25) is 4.79 Å². The standard InChI is InChI=1S/C12H15FN2O2/c13-10-3-9(4-11(14)5-10)12(17)15-2-1-8(6-15)7-16/h3-5,8,16H,1-2,6-7,14H2. The second-order valence-corrected chi connectivity index (χ2v) is 4.36. The molecule has 1 amide bonds. The zero-order valence-electron chi connectivity index (χ0n) is 9.40. The van der Waals surface area contributed by atoms with Crippen molar-refractivity contribution in [2.24, 2.45) is 5.92 Å². The zero-order valence-corrected chi connectivity index (χ0v) is 9.40. The lowest BCUT2D eigenvalue weighted by atomic mass is 10.1. The predicted octanol–water partition coefficient (Wildman–Crippen LogP) is 0.862. The number of rotatable bonds is 2. The van der Waals surface area contributed by atoms with Crippen LogP contribution in [-0.4, -0.2) is 35.6 Å². The number of halogens is 1. The fourth-order valence-electron chi connectivity index (χ4n) is 2.08. The Morgan fingerprint density at radius 2 is 2.29 bits per heavy atom. The maximum atomic E-state index is 13.1. The van der Waals surface area contributed by atoms with Crippen LogP contribution in [0, 0.1) is 11.7 Å². The van der Waals surface area contributed by atoms with E-state index in [0.717, 1.165) is 6.42 Å². The highest BCUT2D eigenvalue weighted by atomic mass is 19.1. The number of carbonyl (C=O) groups excluding carboxylic acids is 1. The van der Waals surface area contributed by atoms with Crippen LogP contribution in [0.1, 0.15) is 16.8 Å². The first-order chi connectivity index (χ1) is 8.10. The molecule has 1 atom stereocenters. The number of aliphatic hydroxyl groups excluding tert-OH is 1. The third kappa shape index (κ3) is 2.55. The number of amides is 1. The zero-order chi connectivity index (χ0) is 12.4. The topological polar surface area (TPSA) is 66.6 Å². The number of aliphatic hydroxyl groups is 1. The summed E-state index contributed by atoms with van der Waals surface area (Å²) in [6.45, 7) is 1.20. The molecule has 0 saturated carbocycles. The number of likely N-dealkylation sites (tertiary alicyclic amines) is 1. The Labute approximate surface area is 98.8 Å². The molecule has 1 aromatic carbocycles. The lowest BCUT2D eigenvalue weighted by Crippen LogP contribution is -2.29. The monoisotopic (exact) mass is 238 g/mol. The van der Waals surface area contributed by atoms with Crippen LogP contribution in [0.3, 0.4) is 0 Å². The lowest BCUT2D eigenvalue weighted by Gasteiger charge is -2.16. The van der Waals surface area contributed by atoms with Crippen molar-refractivity contribution in [1.82, 2.24) is 4.90 Å². The summed E-state index contributed by atoms with van der Waals surface area (Å²) in [5.41, 5.74) is 6.01. The van der Waals surface area contributed by atoms with E-state index < -0.39 is 5.82 Å². The van der Waals surface area contributed by atoms with Gasteiger partial charge in [-0.15, -0.1) is 0 Å². The minimum Gasteiger partial charge on any atom is -0.399 e. The van der Waals surface area contributed by atoms with Gasteiger partial charge in [0.25, 0.3) is 5.91 Å². The summed E-state index contributed by atoms with van der Waals surface area (Å²) in [6, 6.07) is 3.83. The normalized spacial score (nSPS) is 19.6. The number of nitrogens with two attached hydrogens (primary N) is 1. The highest BCUT2D eigenvalue weighted by molar-refractivity contribution is 5.95. The van der Waals surface area contributed by atoms with Gasteiger partial charge < -0.3 is 15.7 Å². The summed E-state index contributed by atoms with van der Waals surface area (Å²) >= 11 is 0. The van der Waals surface area contributed by atoms with Gasteiger partial charge in [0.1, 0.15) is 5.82 Å². The van der Waals surface area contributed by atoms with Crippen LogP contribution in [0.2, 0.25) is 0 Å². The largest absolute Gasteiger partial charge is 0.399 e. The van der Waals surface area contributed by atoms with Crippen LogP contribution < -0.4 is 5.73 Å². The van der Waals surface area contributed by atoms with Crippen molar-refractivity contribution < 1.29 is 14.3 Å². The van der Waals surface area contributed by atoms with E-state index in [2.05, 4.69) is 0 Å². The molecule has 1 fully saturated rings. The molecule has 1 saturated heterocycles. The molecule has 17 heavy (non-hydrogen) atoms. The van der Waals surface area contributed by atoms with Crippen molar-refractivity contribution in [2.75, 3.05) is 25.4 Å². The molecule has 4 nitrogen and oxygen atoms in total. The van der Waals surface area contributed by atoms with E-state index in [4.69, 9.17) is 10.8 Å². The van der Waals surface area contributed by atoms with Gasteiger partial charge in [0.2, 0.25) is 0 Å². The molecule has 0 aromatic heterocycles. The number of benzene rings is 1. The Bertz CT molecular complexity index is 416. The average molecular weight is 238 g/mol. The van der Waals surface area contributed by atoms with Crippen molar-refractivity contribution >= 4 is 11.6 Å². The molecule has 5 heteroatoms. The van der Waals surface area contributed by atoms with Crippen LogP contribution in [0.4, 0.5) is 10.1 Å². The smallest absolute Gasteiger partial charge is 0.254 e. The highest BCUT2D eigenvalue weighted by Gasteiger charge is 2.26. The van der Waals surface area contributed by atoms with Crippen LogP contribution in [-0.2, 0) is 0 Å². The molecule has 1 aliphatic heterocycles. The van der Waals surface area contributed by atoms with Crippen molar-refractivity contribution in [2.45, 2.75) is 6.42 Å². The summed E-state index contributed by atoms with van der Waals surface area (Å²) in [6.07, 6.45) is 0.785. The molecule has 3 N–H and O–H groups in total. The van der Waals surface area contributed by atoms with Gasteiger partial charge in [0.05, 0.1) is 0 Å². The Kier molecular flexibility index (Phi) is 3.28. The van der Waals surface area contributed by atoms with E-state index in [1.165, 1.54) is 18.2 Å².